The van der Waals surface area contributed by atoms with Crippen LogP contribution in [0.1, 0.15) is 30.7 Å². The van der Waals surface area contributed by atoms with E-state index in [9.17, 15) is 0 Å². The summed E-state index contributed by atoms with van der Waals surface area (Å²) >= 11 is 0. The lowest BCUT2D eigenvalue weighted by Crippen LogP contribution is -2.43. The maximum Gasteiger partial charge on any atom is 0.188 e. The summed E-state index contributed by atoms with van der Waals surface area (Å²) in [5, 5.41) is 3.22. The molecular formula is C13H20N4. The Balaban J connectivity index is 1.75. The summed E-state index contributed by atoms with van der Waals surface area (Å²) in [7, 11) is 0. The topological polar surface area (TPSA) is 63.3 Å². The highest BCUT2D eigenvalue weighted by atomic mass is 15.1. The van der Waals surface area contributed by atoms with Crippen LogP contribution in [0.2, 0.25) is 0 Å². The van der Waals surface area contributed by atoms with E-state index in [2.05, 4.69) is 15.3 Å². The van der Waals surface area contributed by atoms with Gasteiger partial charge in [-0.05, 0) is 38.3 Å². The molecule has 17 heavy (non-hydrogen) atoms. The van der Waals surface area contributed by atoms with E-state index in [0.29, 0.717) is 18.5 Å². The van der Waals surface area contributed by atoms with Gasteiger partial charge in [0.05, 0.1) is 0 Å². The summed E-state index contributed by atoms with van der Waals surface area (Å²) in [5.74, 6) is 0.572. The second kappa shape index (κ2) is 5.66. The van der Waals surface area contributed by atoms with Crippen molar-refractivity contribution in [2.45, 2.75) is 38.6 Å². The Hall–Kier alpha value is -1.58. The van der Waals surface area contributed by atoms with Gasteiger partial charge in [0.15, 0.2) is 5.96 Å². The van der Waals surface area contributed by atoms with Crippen molar-refractivity contribution in [3.63, 3.8) is 0 Å². The molecule has 4 nitrogen and oxygen atoms in total. The largest absolute Gasteiger partial charge is 0.370 e. The number of aromatic nitrogens is 1. The van der Waals surface area contributed by atoms with E-state index in [1.165, 1.54) is 19.3 Å². The molecule has 0 atom stereocenters. The zero-order valence-electron chi connectivity index (χ0n) is 10.3. The lowest BCUT2D eigenvalue weighted by Gasteiger charge is -2.26. The highest BCUT2D eigenvalue weighted by Crippen LogP contribution is 2.17. The second-order valence-electron chi connectivity index (χ2n) is 4.56. The van der Waals surface area contributed by atoms with Crippen molar-refractivity contribution >= 4 is 5.96 Å². The molecule has 0 spiro atoms. The number of rotatable bonds is 4. The van der Waals surface area contributed by atoms with Crippen LogP contribution in [0.4, 0.5) is 0 Å². The van der Waals surface area contributed by atoms with Crippen LogP contribution in [-0.2, 0) is 6.42 Å². The molecular weight excluding hydrogens is 212 g/mol. The monoisotopic (exact) mass is 232 g/mol. The molecule has 1 aliphatic carbocycles. The van der Waals surface area contributed by atoms with Gasteiger partial charge in [-0.25, -0.2) is 0 Å². The van der Waals surface area contributed by atoms with Gasteiger partial charge in [0.2, 0.25) is 0 Å². The minimum atomic E-state index is 0.552. The number of aliphatic imine (C=N–C) groups is 1. The fourth-order valence-electron chi connectivity index (χ4n) is 1.84. The standard InChI is InChI=1S/C13H20N4/c1-10-4-2-5-12(16-10)8-9-15-13(14)17-11-6-3-7-11/h2,4-5,11H,3,6-9H2,1H3,(H3,14,15,17). The molecule has 3 N–H and O–H groups in total. The number of guanidine groups is 1. The first kappa shape index (κ1) is 11.9. The van der Waals surface area contributed by atoms with Crippen LogP contribution in [0.15, 0.2) is 23.2 Å². The third-order valence-electron chi connectivity index (χ3n) is 3.05. The number of pyridine rings is 1. The van der Waals surface area contributed by atoms with Gasteiger partial charge in [-0.15, -0.1) is 0 Å². The Morgan fingerprint density at radius 2 is 2.35 bits per heavy atom. The molecule has 0 amide bonds. The van der Waals surface area contributed by atoms with E-state index in [-0.39, 0.29) is 0 Å². The Morgan fingerprint density at radius 3 is 3.00 bits per heavy atom. The van der Waals surface area contributed by atoms with E-state index in [4.69, 9.17) is 5.73 Å². The van der Waals surface area contributed by atoms with E-state index < -0.39 is 0 Å². The summed E-state index contributed by atoms with van der Waals surface area (Å²) in [4.78, 5) is 8.74. The van der Waals surface area contributed by atoms with Gasteiger partial charge in [0.25, 0.3) is 0 Å². The van der Waals surface area contributed by atoms with Crippen molar-refractivity contribution in [2.24, 2.45) is 10.7 Å². The van der Waals surface area contributed by atoms with Crippen molar-refractivity contribution in [1.82, 2.24) is 10.3 Å². The predicted octanol–water partition coefficient (Wildman–Crippen LogP) is 1.39. The normalized spacial score (nSPS) is 16.6. The summed E-state index contributed by atoms with van der Waals surface area (Å²) < 4.78 is 0. The SMILES string of the molecule is Cc1cccc(CCN=C(N)NC2CCC2)n1. The number of hydrogen-bond donors (Lipinski definition) is 2. The van der Waals surface area contributed by atoms with Gasteiger partial charge in [-0.3, -0.25) is 9.98 Å². The Bertz CT molecular complexity index is 396. The van der Waals surface area contributed by atoms with Crippen molar-refractivity contribution in [1.29, 1.82) is 0 Å². The molecule has 2 rings (SSSR count). The predicted molar refractivity (Wildman–Crippen MR) is 69.9 cm³/mol. The van der Waals surface area contributed by atoms with Crippen LogP contribution in [0.5, 0.6) is 0 Å². The van der Waals surface area contributed by atoms with Crippen LogP contribution in [0.3, 0.4) is 0 Å². The molecule has 0 radical (unpaired) electrons. The minimum absolute atomic E-state index is 0.552. The van der Waals surface area contributed by atoms with Gasteiger partial charge in [-0.2, -0.15) is 0 Å². The Morgan fingerprint density at radius 1 is 1.53 bits per heavy atom. The van der Waals surface area contributed by atoms with Gasteiger partial charge < -0.3 is 11.1 Å². The highest BCUT2D eigenvalue weighted by Gasteiger charge is 2.16. The highest BCUT2D eigenvalue weighted by molar-refractivity contribution is 5.78. The number of nitrogens with one attached hydrogen (secondary N) is 1. The van der Waals surface area contributed by atoms with Crippen LogP contribution < -0.4 is 11.1 Å². The summed E-state index contributed by atoms with van der Waals surface area (Å²) in [5.41, 5.74) is 7.92. The molecule has 0 bridgehead atoms. The van der Waals surface area contributed by atoms with Crippen LogP contribution in [-0.4, -0.2) is 23.5 Å². The minimum Gasteiger partial charge on any atom is -0.370 e. The molecule has 92 valence electrons. The van der Waals surface area contributed by atoms with Crippen LogP contribution in [0.25, 0.3) is 0 Å². The maximum atomic E-state index is 5.80. The second-order valence-corrected chi connectivity index (χ2v) is 4.56. The van der Waals surface area contributed by atoms with Crippen molar-refractivity contribution in [3.05, 3.63) is 29.6 Å². The van der Waals surface area contributed by atoms with Crippen LogP contribution >= 0.6 is 0 Å². The Kier molecular flexibility index (Phi) is 3.96. The molecule has 4 heteroatoms. The Labute approximate surface area is 102 Å². The van der Waals surface area contributed by atoms with Gasteiger partial charge >= 0.3 is 0 Å². The van der Waals surface area contributed by atoms with E-state index in [1.54, 1.807) is 0 Å². The summed E-state index contributed by atoms with van der Waals surface area (Å²) in [6, 6.07) is 6.60. The quantitative estimate of drug-likeness (QED) is 0.609. The number of nitrogens with two attached hydrogens (primary N) is 1. The van der Waals surface area contributed by atoms with Crippen LogP contribution in [0, 0.1) is 6.92 Å². The fraction of sp³-hybridized carbons (Fsp3) is 0.538. The molecule has 0 unspecified atom stereocenters. The molecule has 1 aromatic heterocycles. The first-order valence-corrected chi connectivity index (χ1v) is 6.23. The third-order valence-corrected chi connectivity index (χ3v) is 3.05. The lowest BCUT2D eigenvalue weighted by atomic mass is 9.93. The molecule has 1 heterocycles. The fourth-order valence-corrected chi connectivity index (χ4v) is 1.84. The molecule has 1 saturated carbocycles. The third kappa shape index (κ3) is 3.73. The molecule has 1 fully saturated rings. The van der Waals surface area contributed by atoms with Crippen molar-refractivity contribution in [2.75, 3.05) is 6.54 Å². The zero-order chi connectivity index (χ0) is 12.1. The molecule has 1 aliphatic rings. The first-order valence-electron chi connectivity index (χ1n) is 6.23. The molecule has 1 aromatic rings. The lowest BCUT2D eigenvalue weighted by molar-refractivity contribution is 0.382. The van der Waals surface area contributed by atoms with Gasteiger partial charge in [0.1, 0.15) is 0 Å². The molecule has 0 saturated heterocycles. The number of aryl methyl sites for hydroxylation is 1. The average Bonchev–Trinajstić information content (AvgIpc) is 2.24. The number of hydrogen-bond acceptors (Lipinski definition) is 2. The van der Waals surface area contributed by atoms with Gasteiger partial charge in [-0.1, -0.05) is 6.07 Å². The smallest absolute Gasteiger partial charge is 0.188 e. The zero-order valence-corrected chi connectivity index (χ0v) is 10.3. The average molecular weight is 232 g/mol. The maximum absolute atomic E-state index is 5.80. The van der Waals surface area contributed by atoms with Crippen molar-refractivity contribution in [3.8, 4) is 0 Å². The molecule has 0 aromatic carbocycles. The van der Waals surface area contributed by atoms with E-state index in [1.807, 2.05) is 25.1 Å². The summed E-state index contributed by atoms with van der Waals surface area (Å²) in [6.45, 7) is 2.70. The van der Waals surface area contributed by atoms with Gasteiger partial charge in [0, 0.05) is 30.4 Å². The van der Waals surface area contributed by atoms with E-state index >= 15 is 0 Å². The number of nitrogens with zero attached hydrogens (tertiary/aromatic N) is 2. The molecule has 0 aliphatic heterocycles. The van der Waals surface area contributed by atoms with E-state index in [0.717, 1.165) is 17.8 Å². The summed E-state index contributed by atoms with van der Waals surface area (Å²) in [6.07, 6.45) is 4.58. The van der Waals surface area contributed by atoms with Crippen molar-refractivity contribution < 1.29 is 0 Å². The first-order chi connectivity index (χ1) is 8.24.